The molecule has 68 valence electrons. The maximum absolute atomic E-state index is 5.83. The number of aromatic nitrogens is 2. The van der Waals surface area contributed by atoms with Gasteiger partial charge in [-0.25, -0.2) is 0 Å². The number of hydrogen-bond acceptors (Lipinski definition) is 5. The van der Waals surface area contributed by atoms with Gasteiger partial charge in [-0.2, -0.15) is 0 Å². The minimum absolute atomic E-state index is 0.175. The van der Waals surface area contributed by atoms with Crippen LogP contribution < -0.4 is 11.1 Å². The van der Waals surface area contributed by atoms with Gasteiger partial charge in [0.15, 0.2) is 0 Å². The van der Waals surface area contributed by atoms with Crippen LogP contribution in [-0.4, -0.2) is 22.3 Å². The van der Waals surface area contributed by atoms with E-state index in [0.717, 1.165) is 11.6 Å². The van der Waals surface area contributed by atoms with Crippen LogP contribution >= 0.6 is 11.3 Å². The lowest BCUT2D eigenvalue weighted by atomic mass is 10.1. The molecule has 0 aliphatic rings. The first-order valence-electron chi connectivity index (χ1n) is 4.02. The summed E-state index contributed by atoms with van der Waals surface area (Å²) >= 11 is 1.49. The predicted molar refractivity (Wildman–Crippen MR) is 51.3 cm³/mol. The molecule has 0 aliphatic heterocycles. The summed E-state index contributed by atoms with van der Waals surface area (Å²) < 4.78 is 0. The fraction of sp³-hybridized carbons (Fsp3) is 0.714. The molecule has 0 spiro atoms. The first-order valence-corrected chi connectivity index (χ1v) is 4.90. The normalized spacial score (nSPS) is 15.6. The molecule has 0 fully saturated rings. The average molecular weight is 186 g/mol. The fourth-order valence-corrected chi connectivity index (χ4v) is 1.43. The second-order valence-corrected chi connectivity index (χ2v) is 3.58. The molecule has 1 aromatic rings. The standard InChI is InChI=1S/C7H14N4S/c1-3-6(8)5(2)10-7-11-9-4-12-7/h4-6H,3,8H2,1-2H3,(H,10,11). The van der Waals surface area contributed by atoms with E-state index in [2.05, 4.69) is 29.4 Å². The van der Waals surface area contributed by atoms with Crippen molar-refractivity contribution in [1.29, 1.82) is 0 Å². The molecule has 3 N–H and O–H groups in total. The van der Waals surface area contributed by atoms with Crippen LogP contribution in [0.1, 0.15) is 20.3 Å². The molecule has 12 heavy (non-hydrogen) atoms. The van der Waals surface area contributed by atoms with Crippen LogP contribution in [0.3, 0.4) is 0 Å². The smallest absolute Gasteiger partial charge is 0.205 e. The van der Waals surface area contributed by atoms with E-state index in [4.69, 9.17) is 5.73 Å². The van der Waals surface area contributed by atoms with Gasteiger partial charge >= 0.3 is 0 Å². The Balaban J connectivity index is 2.41. The number of hydrogen-bond donors (Lipinski definition) is 2. The number of anilines is 1. The summed E-state index contributed by atoms with van der Waals surface area (Å²) in [6, 6.07) is 0.428. The van der Waals surface area contributed by atoms with Crippen molar-refractivity contribution in [1.82, 2.24) is 10.2 Å². The quantitative estimate of drug-likeness (QED) is 0.738. The van der Waals surface area contributed by atoms with Gasteiger partial charge in [0.05, 0.1) is 0 Å². The Morgan fingerprint density at radius 2 is 2.50 bits per heavy atom. The molecule has 0 saturated carbocycles. The van der Waals surface area contributed by atoms with Crippen LogP contribution in [0, 0.1) is 0 Å². The Morgan fingerprint density at radius 1 is 1.75 bits per heavy atom. The summed E-state index contributed by atoms with van der Waals surface area (Å²) in [7, 11) is 0. The van der Waals surface area contributed by atoms with Gasteiger partial charge in [0.25, 0.3) is 0 Å². The van der Waals surface area contributed by atoms with E-state index in [1.807, 2.05) is 0 Å². The van der Waals surface area contributed by atoms with E-state index in [-0.39, 0.29) is 12.1 Å². The molecule has 0 aromatic carbocycles. The van der Waals surface area contributed by atoms with Gasteiger partial charge in [0.1, 0.15) is 5.51 Å². The van der Waals surface area contributed by atoms with E-state index in [1.165, 1.54) is 11.3 Å². The number of nitrogens with zero attached hydrogens (tertiary/aromatic N) is 2. The van der Waals surface area contributed by atoms with Crippen LogP contribution in [-0.2, 0) is 0 Å². The van der Waals surface area contributed by atoms with Crippen molar-refractivity contribution in [3.05, 3.63) is 5.51 Å². The highest BCUT2D eigenvalue weighted by molar-refractivity contribution is 7.13. The molecule has 1 rings (SSSR count). The molecular weight excluding hydrogens is 172 g/mol. The van der Waals surface area contributed by atoms with E-state index in [9.17, 15) is 0 Å². The van der Waals surface area contributed by atoms with Crippen LogP contribution in [0.25, 0.3) is 0 Å². The van der Waals surface area contributed by atoms with Crippen molar-refractivity contribution in [3.8, 4) is 0 Å². The van der Waals surface area contributed by atoms with Gasteiger partial charge in [-0.3, -0.25) is 0 Å². The second-order valence-electron chi connectivity index (χ2n) is 2.75. The van der Waals surface area contributed by atoms with Crippen molar-refractivity contribution in [2.75, 3.05) is 5.32 Å². The zero-order valence-corrected chi connectivity index (χ0v) is 8.14. The van der Waals surface area contributed by atoms with Crippen molar-refractivity contribution >= 4 is 16.5 Å². The molecule has 0 saturated heterocycles. The van der Waals surface area contributed by atoms with E-state index in [0.29, 0.717) is 0 Å². The van der Waals surface area contributed by atoms with Gasteiger partial charge in [0, 0.05) is 12.1 Å². The lowest BCUT2D eigenvalue weighted by Gasteiger charge is -2.18. The first kappa shape index (κ1) is 9.41. The molecule has 2 atom stereocenters. The summed E-state index contributed by atoms with van der Waals surface area (Å²) in [5, 5.41) is 11.6. The Labute approximate surface area is 76.2 Å². The molecule has 5 heteroatoms. The molecule has 4 nitrogen and oxygen atoms in total. The van der Waals surface area contributed by atoms with E-state index >= 15 is 0 Å². The molecular formula is C7H14N4S. The highest BCUT2D eigenvalue weighted by atomic mass is 32.1. The first-order chi connectivity index (χ1) is 5.74. The molecule has 2 unspecified atom stereocenters. The summed E-state index contributed by atoms with van der Waals surface area (Å²) in [6.07, 6.45) is 0.965. The molecule has 0 radical (unpaired) electrons. The zero-order valence-electron chi connectivity index (χ0n) is 7.32. The van der Waals surface area contributed by atoms with E-state index in [1.54, 1.807) is 5.51 Å². The number of nitrogens with one attached hydrogen (secondary N) is 1. The summed E-state index contributed by atoms with van der Waals surface area (Å²) in [4.78, 5) is 0. The Bertz CT molecular complexity index is 211. The fourth-order valence-electron chi connectivity index (χ4n) is 0.891. The van der Waals surface area contributed by atoms with Gasteiger partial charge in [0.2, 0.25) is 5.13 Å². The zero-order chi connectivity index (χ0) is 8.97. The van der Waals surface area contributed by atoms with Crippen molar-refractivity contribution in [2.45, 2.75) is 32.4 Å². The maximum Gasteiger partial charge on any atom is 0.205 e. The summed E-state index contributed by atoms with van der Waals surface area (Å²) in [5.41, 5.74) is 7.53. The van der Waals surface area contributed by atoms with E-state index < -0.39 is 0 Å². The Kier molecular flexibility index (Phi) is 3.43. The third kappa shape index (κ3) is 2.42. The van der Waals surface area contributed by atoms with Crippen molar-refractivity contribution in [3.63, 3.8) is 0 Å². The maximum atomic E-state index is 5.83. The van der Waals surface area contributed by atoms with Gasteiger partial charge in [-0.15, -0.1) is 10.2 Å². The lowest BCUT2D eigenvalue weighted by molar-refractivity contribution is 0.572. The number of rotatable bonds is 4. The molecule has 0 bridgehead atoms. The molecule has 1 aromatic heterocycles. The monoisotopic (exact) mass is 186 g/mol. The van der Waals surface area contributed by atoms with Gasteiger partial charge in [-0.1, -0.05) is 18.3 Å². The van der Waals surface area contributed by atoms with Crippen LogP contribution in [0.2, 0.25) is 0 Å². The van der Waals surface area contributed by atoms with Crippen LogP contribution in [0.4, 0.5) is 5.13 Å². The molecule has 1 heterocycles. The Hall–Kier alpha value is -0.680. The van der Waals surface area contributed by atoms with Crippen LogP contribution in [0.5, 0.6) is 0 Å². The third-order valence-electron chi connectivity index (χ3n) is 1.82. The molecule has 0 aliphatic carbocycles. The lowest BCUT2D eigenvalue weighted by Crippen LogP contribution is -2.37. The van der Waals surface area contributed by atoms with Crippen LogP contribution in [0.15, 0.2) is 5.51 Å². The largest absolute Gasteiger partial charge is 0.356 e. The number of nitrogens with two attached hydrogens (primary N) is 1. The highest BCUT2D eigenvalue weighted by Gasteiger charge is 2.10. The molecule has 0 amide bonds. The van der Waals surface area contributed by atoms with Gasteiger partial charge in [-0.05, 0) is 13.3 Å². The minimum Gasteiger partial charge on any atom is -0.356 e. The Morgan fingerprint density at radius 3 is 3.00 bits per heavy atom. The van der Waals surface area contributed by atoms with Crippen molar-refractivity contribution in [2.24, 2.45) is 5.73 Å². The van der Waals surface area contributed by atoms with Gasteiger partial charge < -0.3 is 11.1 Å². The highest BCUT2D eigenvalue weighted by Crippen LogP contribution is 2.11. The van der Waals surface area contributed by atoms with Crippen molar-refractivity contribution < 1.29 is 0 Å². The second kappa shape index (κ2) is 4.37. The SMILES string of the molecule is CCC(N)C(C)Nc1nncs1. The predicted octanol–water partition coefficient (Wildman–Crippen LogP) is 1.08. The summed E-state index contributed by atoms with van der Waals surface area (Å²) in [5.74, 6) is 0. The minimum atomic E-state index is 0.175. The third-order valence-corrected chi connectivity index (χ3v) is 2.45. The summed E-state index contributed by atoms with van der Waals surface area (Å²) in [6.45, 7) is 4.12. The average Bonchev–Trinajstić information content (AvgIpc) is 2.55. The topological polar surface area (TPSA) is 63.8 Å².